The maximum atomic E-state index is 13.0. The number of carbonyl (C=O) groups is 1. The minimum absolute atomic E-state index is 0.253. The lowest BCUT2D eigenvalue weighted by atomic mass is 10.0. The summed E-state index contributed by atoms with van der Waals surface area (Å²) in [6.07, 6.45) is 2.32. The molecule has 3 heterocycles. The zero-order chi connectivity index (χ0) is 19.1. The lowest BCUT2D eigenvalue weighted by Gasteiger charge is -2.10. The maximum absolute atomic E-state index is 13.0. The van der Waals surface area contributed by atoms with E-state index in [9.17, 15) is 9.18 Å². The SMILES string of the molecule is Cc1cnc(C#N)cc1-c1cc2cc(NC(=O)C3CC3F)ncc2c(N)n1. The van der Waals surface area contributed by atoms with Crippen LogP contribution in [0.5, 0.6) is 0 Å². The van der Waals surface area contributed by atoms with Crippen molar-refractivity contribution in [3.05, 3.63) is 41.9 Å². The predicted octanol–water partition coefficient (Wildman–Crippen LogP) is 2.75. The molecule has 1 fully saturated rings. The smallest absolute Gasteiger partial charge is 0.231 e. The first-order valence-corrected chi connectivity index (χ1v) is 8.34. The van der Waals surface area contributed by atoms with Crippen molar-refractivity contribution in [2.24, 2.45) is 5.92 Å². The molecular formula is C19H15FN6O. The number of halogens is 1. The third kappa shape index (κ3) is 3.15. The maximum Gasteiger partial charge on any atom is 0.231 e. The second-order valence-corrected chi connectivity index (χ2v) is 6.53. The van der Waals surface area contributed by atoms with Gasteiger partial charge in [0.1, 0.15) is 29.6 Å². The van der Waals surface area contributed by atoms with E-state index in [-0.39, 0.29) is 23.8 Å². The molecule has 27 heavy (non-hydrogen) atoms. The van der Waals surface area contributed by atoms with Gasteiger partial charge in [-0.1, -0.05) is 0 Å². The second-order valence-electron chi connectivity index (χ2n) is 6.53. The molecule has 2 atom stereocenters. The standard InChI is InChI=1S/C19H15FN6O/c1-9-7-23-11(6-21)4-12(9)16-2-10-3-17(24-8-14(10)18(22)25-16)26-19(27)13-5-15(13)20/h2-4,7-8,13,15H,5H2,1H3,(H2,22,25)(H,24,26,27). The van der Waals surface area contributed by atoms with Crippen LogP contribution in [0.15, 0.2) is 30.6 Å². The van der Waals surface area contributed by atoms with Crippen molar-refractivity contribution in [2.45, 2.75) is 19.5 Å². The number of aryl methyl sites for hydroxylation is 1. The third-order valence-corrected chi connectivity index (χ3v) is 4.54. The molecular weight excluding hydrogens is 347 g/mol. The number of pyridine rings is 3. The minimum atomic E-state index is -1.07. The molecule has 0 radical (unpaired) electrons. The number of alkyl halides is 1. The number of nitrogens with two attached hydrogens (primary N) is 1. The Morgan fingerprint density at radius 1 is 1.33 bits per heavy atom. The average Bonchev–Trinajstić information content (AvgIpc) is 3.38. The van der Waals surface area contributed by atoms with Gasteiger partial charge in [0.2, 0.25) is 5.91 Å². The molecule has 3 aromatic heterocycles. The monoisotopic (exact) mass is 362 g/mol. The van der Waals surface area contributed by atoms with Crippen LogP contribution in [-0.2, 0) is 4.79 Å². The van der Waals surface area contributed by atoms with Gasteiger partial charge < -0.3 is 11.1 Å². The zero-order valence-electron chi connectivity index (χ0n) is 14.4. The first kappa shape index (κ1) is 16.8. The summed E-state index contributed by atoms with van der Waals surface area (Å²) in [6, 6.07) is 7.14. The number of nitrogen functional groups attached to an aromatic ring is 1. The van der Waals surface area contributed by atoms with E-state index >= 15 is 0 Å². The summed E-state index contributed by atoms with van der Waals surface area (Å²) < 4.78 is 13.0. The Morgan fingerprint density at radius 3 is 2.81 bits per heavy atom. The van der Waals surface area contributed by atoms with Crippen LogP contribution in [0.2, 0.25) is 0 Å². The highest BCUT2D eigenvalue weighted by Gasteiger charge is 2.43. The van der Waals surface area contributed by atoms with E-state index in [0.717, 1.165) is 16.5 Å². The molecule has 4 rings (SSSR count). The van der Waals surface area contributed by atoms with Crippen molar-refractivity contribution in [3.63, 3.8) is 0 Å². The zero-order valence-corrected chi connectivity index (χ0v) is 14.4. The molecule has 1 saturated carbocycles. The van der Waals surface area contributed by atoms with Gasteiger partial charge in [-0.15, -0.1) is 0 Å². The lowest BCUT2D eigenvalue weighted by molar-refractivity contribution is -0.117. The Kier molecular flexibility index (Phi) is 3.92. The topological polar surface area (TPSA) is 118 Å². The first-order valence-electron chi connectivity index (χ1n) is 8.34. The molecule has 3 aromatic rings. The average molecular weight is 362 g/mol. The van der Waals surface area contributed by atoms with Crippen LogP contribution in [-0.4, -0.2) is 27.0 Å². The molecule has 0 saturated heterocycles. The van der Waals surface area contributed by atoms with Crippen LogP contribution in [0.1, 0.15) is 17.7 Å². The summed E-state index contributed by atoms with van der Waals surface area (Å²) in [7, 11) is 0. The Hall–Kier alpha value is -3.60. The highest BCUT2D eigenvalue weighted by atomic mass is 19.1. The van der Waals surface area contributed by atoms with Gasteiger partial charge in [0, 0.05) is 23.3 Å². The number of fused-ring (bicyclic) bond motifs is 1. The van der Waals surface area contributed by atoms with E-state index in [2.05, 4.69) is 20.3 Å². The minimum Gasteiger partial charge on any atom is -0.383 e. The van der Waals surface area contributed by atoms with Gasteiger partial charge in [-0.25, -0.2) is 19.3 Å². The number of amides is 1. The Morgan fingerprint density at radius 2 is 2.11 bits per heavy atom. The number of nitriles is 1. The first-order chi connectivity index (χ1) is 13.0. The summed E-state index contributed by atoms with van der Waals surface area (Å²) >= 11 is 0. The Balaban J connectivity index is 1.75. The summed E-state index contributed by atoms with van der Waals surface area (Å²) in [5, 5.41) is 13.1. The van der Waals surface area contributed by atoms with E-state index in [1.165, 1.54) is 6.20 Å². The van der Waals surface area contributed by atoms with Gasteiger partial charge >= 0.3 is 0 Å². The summed E-state index contributed by atoms with van der Waals surface area (Å²) in [6.45, 7) is 1.87. The fraction of sp³-hybridized carbons (Fsp3) is 0.211. The normalized spacial score (nSPS) is 18.1. The molecule has 8 heteroatoms. The molecule has 1 aliphatic carbocycles. The number of nitrogens with zero attached hydrogens (tertiary/aromatic N) is 4. The largest absolute Gasteiger partial charge is 0.383 e. The quantitative estimate of drug-likeness (QED) is 0.740. The van der Waals surface area contributed by atoms with Gasteiger partial charge in [0.15, 0.2) is 0 Å². The van der Waals surface area contributed by atoms with Crippen LogP contribution < -0.4 is 11.1 Å². The van der Waals surface area contributed by atoms with E-state index in [0.29, 0.717) is 16.9 Å². The highest BCUT2D eigenvalue weighted by molar-refractivity contribution is 5.98. The molecule has 1 amide bonds. The molecule has 0 aromatic carbocycles. The van der Waals surface area contributed by atoms with Crippen molar-refractivity contribution < 1.29 is 9.18 Å². The molecule has 2 unspecified atom stereocenters. The number of hydrogen-bond acceptors (Lipinski definition) is 6. The van der Waals surface area contributed by atoms with E-state index < -0.39 is 12.1 Å². The second kappa shape index (κ2) is 6.29. The van der Waals surface area contributed by atoms with Crippen molar-refractivity contribution in [2.75, 3.05) is 11.1 Å². The van der Waals surface area contributed by atoms with E-state index in [1.54, 1.807) is 18.3 Å². The van der Waals surface area contributed by atoms with Crippen LogP contribution >= 0.6 is 0 Å². The van der Waals surface area contributed by atoms with E-state index in [1.807, 2.05) is 19.1 Å². The van der Waals surface area contributed by atoms with E-state index in [4.69, 9.17) is 11.0 Å². The molecule has 1 aliphatic rings. The van der Waals surface area contributed by atoms with Gasteiger partial charge in [0.05, 0.1) is 11.6 Å². The highest BCUT2D eigenvalue weighted by Crippen LogP contribution is 2.35. The number of anilines is 2. The summed E-state index contributed by atoms with van der Waals surface area (Å²) in [4.78, 5) is 24.5. The lowest BCUT2D eigenvalue weighted by Crippen LogP contribution is -2.15. The molecule has 7 nitrogen and oxygen atoms in total. The van der Waals surface area contributed by atoms with Gasteiger partial charge in [-0.3, -0.25) is 4.79 Å². The van der Waals surface area contributed by atoms with Gasteiger partial charge in [0.25, 0.3) is 0 Å². The number of hydrogen-bond donors (Lipinski definition) is 2. The summed E-state index contributed by atoms with van der Waals surface area (Å²) in [5.74, 6) is -0.356. The predicted molar refractivity (Wildman–Crippen MR) is 98.3 cm³/mol. The van der Waals surface area contributed by atoms with Crippen LogP contribution in [0, 0.1) is 24.2 Å². The van der Waals surface area contributed by atoms with Crippen molar-refractivity contribution >= 4 is 28.3 Å². The molecule has 0 aliphatic heterocycles. The molecule has 0 spiro atoms. The van der Waals surface area contributed by atoms with Gasteiger partial charge in [-0.05, 0) is 42.5 Å². The molecule has 134 valence electrons. The Bertz CT molecular complexity index is 1120. The van der Waals surface area contributed by atoms with Crippen LogP contribution in [0.3, 0.4) is 0 Å². The van der Waals surface area contributed by atoms with Crippen molar-refractivity contribution in [3.8, 4) is 17.3 Å². The fourth-order valence-electron chi connectivity index (χ4n) is 2.90. The molecule has 0 bridgehead atoms. The Labute approximate surface area is 154 Å². The molecule has 3 N–H and O–H groups in total. The van der Waals surface area contributed by atoms with Gasteiger partial charge in [-0.2, -0.15) is 5.26 Å². The number of aromatic nitrogens is 3. The van der Waals surface area contributed by atoms with Crippen LogP contribution in [0.4, 0.5) is 16.0 Å². The third-order valence-electron chi connectivity index (χ3n) is 4.54. The van der Waals surface area contributed by atoms with Crippen molar-refractivity contribution in [1.29, 1.82) is 5.26 Å². The fourth-order valence-corrected chi connectivity index (χ4v) is 2.90. The number of carbonyl (C=O) groups excluding carboxylic acids is 1. The summed E-state index contributed by atoms with van der Waals surface area (Å²) in [5.41, 5.74) is 8.54. The van der Waals surface area contributed by atoms with Crippen molar-refractivity contribution in [1.82, 2.24) is 15.0 Å². The number of rotatable bonds is 3. The van der Waals surface area contributed by atoms with Crippen LogP contribution in [0.25, 0.3) is 22.0 Å². The number of nitrogens with one attached hydrogen (secondary N) is 1.